The van der Waals surface area contributed by atoms with Crippen LogP contribution in [0.25, 0.3) is 0 Å². The van der Waals surface area contributed by atoms with Crippen molar-refractivity contribution in [3.8, 4) is 5.75 Å². The van der Waals surface area contributed by atoms with E-state index in [2.05, 4.69) is 15.5 Å². The van der Waals surface area contributed by atoms with Gasteiger partial charge in [0.15, 0.2) is 11.0 Å². The number of halogens is 1. The molecule has 0 spiro atoms. The molecule has 26 heavy (non-hydrogen) atoms. The Kier molecular flexibility index (Phi) is 5.85. The summed E-state index contributed by atoms with van der Waals surface area (Å²) >= 11 is 1.25. The summed E-state index contributed by atoms with van der Waals surface area (Å²) in [5, 5.41) is 11.4. The van der Waals surface area contributed by atoms with E-state index in [4.69, 9.17) is 4.74 Å². The van der Waals surface area contributed by atoms with Crippen molar-refractivity contribution in [2.45, 2.75) is 11.8 Å². The number of amides is 1. The average Bonchev–Trinajstić information content (AvgIpc) is 2.99. The molecule has 0 saturated carbocycles. The number of benzene rings is 2. The highest BCUT2D eigenvalue weighted by Gasteiger charge is 2.12. The SMILES string of the molecule is Cn1c(COc2ccccc2)nnc1SCC(=O)Nc1cccc(F)c1. The molecule has 1 N–H and O–H groups in total. The van der Waals surface area contributed by atoms with E-state index in [1.165, 1.54) is 23.9 Å². The lowest BCUT2D eigenvalue weighted by molar-refractivity contribution is -0.113. The van der Waals surface area contributed by atoms with Crippen LogP contribution >= 0.6 is 11.8 Å². The molecule has 134 valence electrons. The second-order valence-electron chi connectivity index (χ2n) is 5.41. The molecule has 3 rings (SSSR count). The molecule has 0 aliphatic rings. The van der Waals surface area contributed by atoms with Gasteiger partial charge in [0, 0.05) is 12.7 Å². The Morgan fingerprint density at radius 1 is 1.19 bits per heavy atom. The van der Waals surface area contributed by atoms with Gasteiger partial charge in [-0.3, -0.25) is 4.79 Å². The van der Waals surface area contributed by atoms with Gasteiger partial charge in [0.1, 0.15) is 18.2 Å². The molecular weight excluding hydrogens is 355 g/mol. The molecule has 0 aliphatic heterocycles. The van der Waals surface area contributed by atoms with Crippen LogP contribution < -0.4 is 10.1 Å². The van der Waals surface area contributed by atoms with Crippen molar-refractivity contribution in [3.63, 3.8) is 0 Å². The van der Waals surface area contributed by atoms with E-state index in [1.54, 1.807) is 16.7 Å². The summed E-state index contributed by atoms with van der Waals surface area (Å²) < 4.78 is 20.6. The summed E-state index contributed by atoms with van der Waals surface area (Å²) in [7, 11) is 1.82. The number of nitrogens with one attached hydrogen (secondary N) is 1. The number of rotatable bonds is 7. The van der Waals surface area contributed by atoms with Crippen LogP contribution in [0.4, 0.5) is 10.1 Å². The zero-order chi connectivity index (χ0) is 18.4. The number of hydrogen-bond acceptors (Lipinski definition) is 5. The maximum absolute atomic E-state index is 13.1. The Labute approximate surface area is 154 Å². The van der Waals surface area contributed by atoms with Gasteiger partial charge in [0.05, 0.1) is 5.75 Å². The maximum atomic E-state index is 13.1. The third-order valence-electron chi connectivity index (χ3n) is 3.48. The Morgan fingerprint density at radius 2 is 2.00 bits per heavy atom. The van der Waals surface area contributed by atoms with Crippen LogP contribution in [-0.4, -0.2) is 26.4 Å². The van der Waals surface area contributed by atoms with E-state index in [-0.39, 0.29) is 18.3 Å². The topological polar surface area (TPSA) is 69.0 Å². The van der Waals surface area contributed by atoms with Crippen molar-refractivity contribution in [1.29, 1.82) is 0 Å². The predicted octanol–water partition coefficient (Wildman–Crippen LogP) is 3.26. The number of thioether (sulfide) groups is 1. The number of ether oxygens (including phenoxy) is 1. The standard InChI is InChI=1S/C18H17FN4O2S/c1-23-16(11-25-15-8-3-2-4-9-15)21-22-18(23)26-12-17(24)20-14-7-5-6-13(19)10-14/h2-10H,11-12H2,1H3,(H,20,24). The first kappa shape index (κ1) is 17.9. The molecule has 0 radical (unpaired) electrons. The number of hydrogen-bond donors (Lipinski definition) is 1. The number of anilines is 1. The van der Waals surface area contributed by atoms with Gasteiger partial charge < -0.3 is 14.6 Å². The molecule has 3 aromatic rings. The molecule has 0 aliphatic carbocycles. The van der Waals surface area contributed by atoms with Crippen molar-refractivity contribution in [2.75, 3.05) is 11.1 Å². The third-order valence-corrected chi connectivity index (χ3v) is 4.50. The summed E-state index contributed by atoms with van der Waals surface area (Å²) in [4.78, 5) is 12.0. The molecule has 2 aromatic carbocycles. The first-order valence-electron chi connectivity index (χ1n) is 7.86. The molecule has 1 heterocycles. The Balaban J connectivity index is 1.52. The zero-order valence-corrected chi connectivity index (χ0v) is 14.9. The second kappa shape index (κ2) is 8.48. The van der Waals surface area contributed by atoms with Crippen LogP contribution in [0.15, 0.2) is 59.8 Å². The average molecular weight is 372 g/mol. The minimum Gasteiger partial charge on any atom is -0.486 e. The molecule has 1 amide bonds. The zero-order valence-electron chi connectivity index (χ0n) is 14.1. The van der Waals surface area contributed by atoms with Gasteiger partial charge in [0.25, 0.3) is 0 Å². The highest BCUT2D eigenvalue weighted by molar-refractivity contribution is 7.99. The lowest BCUT2D eigenvalue weighted by Crippen LogP contribution is -2.14. The summed E-state index contributed by atoms with van der Waals surface area (Å²) in [6, 6.07) is 15.2. The van der Waals surface area contributed by atoms with Gasteiger partial charge in [-0.25, -0.2) is 4.39 Å². The van der Waals surface area contributed by atoms with E-state index in [0.717, 1.165) is 5.75 Å². The first-order chi connectivity index (χ1) is 12.6. The number of nitrogens with zero attached hydrogens (tertiary/aromatic N) is 3. The highest BCUT2D eigenvalue weighted by Crippen LogP contribution is 2.18. The molecular formula is C18H17FN4O2S. The summed E-state index contributed by atoms with van der Waals surface area (Å²) in [6.45, 7) is 0.281. The highest BCUT2D eigenvalue weighted by atomic mass is 32.2. The van der Waals surface area contributed by atoms with Crippen molar-refractivity contribution in [1.82, 2.24) is 14.8 Å². The number of carbonyl (C=O) groups is 1. The molecule has 0 atom stereocenters. The smallest absolute Gasteiger partial charge is 0.234 e. The molecule has 0 bridgehead atoms. The fourth-order valence-corrected chi connectivity index (χ4v) is 2.88. The largest absolute Gasteiger partial charge is 0.486 e. The third kappa shape index (κ3) is 4.82. The molecule has 0 fully saturated rings. The normalized spacial score (nSPS) is 10.5. The van der Waals surface area contributed by atoms with Crippen LogP contribution in [-0.2, 0) is 18.4 Å². The maximum Gasteiger partial charge on any atom is 0.234 e. The van der Waals surface area contributed by atoms with E-state index < -0.39 is 5.82 Å². The summed E-state index contributed by atoms with van der Waals surface area (Å²) in [5.41, 5.74) is 0.422. The minimum absolute atomic E-state index is 0.141. The van der Waals surface area contributed by atoms with Crippen molar-refractivity contribution < 1.29 is 13.9 Å². The molecule has 1 aromatic heterocycles. The number of carbonyl (C=O) groups excluding carboxylic acids is 1. The minimum atomic E-state index is -0.396. The first-order valence-corrected chi connectivity index (χ1v) is 8.85. The van der Waals surface area contributed by atoms with Crippen LogP contribution in [0.3, 0.4) is 0 Å². The molecule has 8 heteroatoms. The van der Waals surface area contributed by atoms with Crippen molar-refractivity contribution in [3.05, 3.63) is 66.2 Å². The lowest BCUT2D eigenvalue weighted by Gasteiger charge is -2.07. The van der Waals surface area contributed by atoms with Gasteiger partial charge >= 0.3 is 0 Å². The Hall–Kier alpha value is -2.87. The fourth-order valence-electron chi connectivity index (χ4n) is 2.15. The summed E-state index contributed by atoms with van der Waals surface area (Å²) in [5.74, 6) is 0.903. The molecule has 6 nitrogen and oxygen atoms in total. The van der Waals surface area contributed by atoms with Gasteiger partial charge in [-0.05, 0) is 30.3 Å². The Bertz CT molecular complexity index is 886. The second-order valence-corrected chi connectivity index (χ2v) is 6.35. The number of para-hydroxylation sites is 1. The van der Waals surface area contributed by atoms with Crippen molar-refractivity contribution >= 4 is 23.4 Å². The monoisotopic (exact) mass is 372 g/mol. The fraction of sp³-hybridized carbons (Fsp3) is 0.167. The lowest BCUT2D eigenvalue weighted by atomic mass is 10.3. The quantitative estimate of drug-likeness (QED) is 0.645. The number of aromatic nitrogens is 3. The van der Waals surface area contributed by atoms with Crippen LogP contribution in [0.2, 0.25) is 0 Å². The van der Waals surface area contributed by atoms with Gasteiger partial charge in [-0.15, -0.1) is 10.2 Å². The van der Waals surface area contributed by atoms with Crippen molar-refractivity contribution in [2.24, 2.45) is 7.05 Å². The van der Waals surface area contributed by atoms with Gasteiger partial charge in [-0.2, -0.15) is 0 Å². The van der Waals surface area contributed by atoms with Crippen LogP contribution in [0.5, 0.6) is 5.75 Å². The van der Waals surface area contributed by atoms with E-state index in [0.29, 0.717) is 16.7 Å². The van der Waals surface area contributed by atoms with E-state index in [9.17, 15) is 9.18 Å². The predicted molar refractivity (Wildman–Crippen MR) is 97.5 cm³/mol. The van der Waals surface area contributed by atoms with Crippen LogP contribution in [0.1, 0.15) is 5.82 Å². The Morgan fingerprint density at radius 3 is 2.77 bits per heavy atom. The van der Waals surface area contributed by atoms with E-state index in [1.807, 2.05) is 37.4 Å². The van der Waals surface area contributed by atoms with Gasteiger partial charge in [0.2, 0.25) is 5.91 Å². The summed E-state index contributed by atoms with van der Waals surface area (Å²) in [6.07, 6.45) is 0. The van der Waals surface area contributed by atoms with E-state index >= 15 is 0 Å². The molecule has 0 unspecified atom stereocenters. The van der Waals surface area contributed by atoms with Crippen LogP contribution in [0, 0.1) is 5.82 Å². The van der Waals surface area contributed by atoms with Gasteiger partial charge in [-0.1, -0.05) is 36.0 Å². The molecule has 0 saturated heterocycles.